The molecule has 0 aliphatic carbocycles. The minimum Gasteiger partial charge on any atom is -0.350 e. The van der Waals surface area contributed by atoms with Crippen LogP contribution in [0.25, 0.3) is 5.65 Å². The van der Waals surface area contributed by atoms with Gasteiger partial charge in [-0.15, -0.1) is 0 Å². The summed E-state index contributed by atoms with van der Waals surface area (Å²) in [5.41, 5.74) is 3.52. The third-order valence-electron chi connectivity index (χ3n) is 4.57. The van der Waals surface area contributed by atoms with Crippen LogP contribution in [0, 0.1) is 0 Å². The molecular formula is C20H20N4O2. The summed E-state index contributed by atoms with van der Waals surface area (Å²) >= 11 is 0. The summed E-state index contributed by atoms with van der Waals surface area (Å²) in [6.45, 7) is 1.18. The van der Waals surface area contributed by atoms with Gasteiger partial charge in [-0.05, 0) is 36.2 Å². The van der Waals surface area contributed by atoms with Crippen molar-refractivity contribution in [3.63, 3.8) is 0 Å². The van der Waals surface area contributed by atoms with Crippen molar-refractivity contribution in [1.29, 1.82) is 0 Å². The standard InChI is InChI=1S/C20H20N4O2/c25-19(21-13-16-14-23-10-2-1-4-18(23)22-16)12-15-6-8-17(9-7-15)24-11-3-5-20(24)26/h1-2,4,6-10,14H,3,5,11-13H2,(H,21,25). The molecule has 132 valence electrons. The molecule has 1 fully saturated rings. The molecule has 6 nitrogen and oxygen atoms in total. The van der Waals surface area contributed by atoms with E-state index in [4.69, 9.17) is 0 Å². The summed E-state index contributed by atoms with van der Waals surface area (Å²) in [4.78, 5) is 30.2. The van der Waals surface area contributed by atoms with Crippen LogP contribution < -0.4 is 10.2 Å². The van der Waals surface area contributed by atoms with Crippen LogP contribution in [0.15, 0.2) is 54.9 Å². The predicted octanol–water partition coefficient (Wildman–Crippen LogP) is 2.32. The van der Waals surface area contributed by atoms with E-state index in [1.54, 1.807) is 4.90 Å². The maximum Gasteiger partial charge on any atom is 0.227 e. The molecule has 1 N–H and O–H groups in total. The van der Waals surface area contributed by atoms with Gasteiger partial charge in [0.2, 0.25) is 11.8 Å². The highest BCUT2D eigenvalue weighted by molar-refractivity contribution is 5.95. The highest BCUT2D eigenvalue weighted by Gasteiger charge is 2.21. The van der Waals surface area contributed by atoms with E-state index in [2.05, 4.69) is 10.3 Å². The zero-order valence-electron chi connectivity index (χ0n) is 14.4. The third kappa shape index (κ3) is 3.44. The molecule has 0 unspecified atom stereocenters. The van der Waals surface area contributed by atoms with Gasteiger partial charge in [0.05, 0.1) is 18.7 Å². The first-order valence-corrected chi connectivity index (χ1v) is 8.78. The number of pyridine rings is 1. The van der Waals surface area contributed by atoms with Gasteiger partial charge in [-0.3, -0.25) is 9.59 Å². The molecule has 26 heavy (non-hydrogen) atoms. The van der Waals surface area contributed by atoms with Crippen molar-refractivity contribution in [3.8, 4) is 0 Å². The van der Waals surface area contributed by atoms with E-state index in [0.717, 1.165) is 35.6 Å². The molecule has 1 saturated heterocycles. The van der Waals surface area contributed by atoms with Gasteiger partial charge in [-0.25, -0.2) is 4.98 Å². The predicted molar refractivity (Wildman–Crippen MR) is 98.8 cm³/mol. The largest absolute Gasteiger partial charge is 0.350 e. The summed E-state index contributed by atoms with van der Waals surface area (Å²) in [5, 5.41) is 2.91. The van der Waals surface area contributed by atoms with Crippen molar-refractivity contribution in [1.82, 2.24) is 14.7 Å². The number of aromatic nitrogens is 2. The van der Waals surface area contributed by atoms with Crippen LogP contribution in [0.5, 0.6) is 0 Å². The molecule has 3 aromatic rings. The van der Waals surface area contributed by atoms with Crippen LogP contribution in [0.2, 0.25) is 0 Å². The second-order valence-corrected chi connectivity index (χ2v) is 6.47. The van der Waals surface area contributed by atoms with Gasteiger partial charge >= 0.3 is 0 Å². The molecule has 0 radical (unpaired) electrons. The topological polar surface area (TPSA) is 66.7 Å². The number of carbonyl (C=O) groups is 2. The SMILES string of the molecule is O=C(Cc1ccc(N2CCCC2=O)cc1)NCc1cn2ccccc2n1. The maximum atomic E-state index is 12.2. The Morgan fingerprint density at radius 3 is 2.73 bits per heavy atom. The Hall–Kier alpha value is -3.15. The van der Waals surface area contributed by atoms with Crippen molar-refractivity contribution in [2.45, 2.75) is 25.8 Å². The molecule has 0 bridgehead atoms. The Labute approximate surface area is 151 Å². The van der Waals surface area contributed by atoms with Crippen LogP contribution in [0.4, 0.5) is 5.69 Å². The Kier molecular flexibility index (Phi) is 4.39. The van der Waals surface area contributed by atoms with E-state index in [9.17, 15) is 9.59 Å². The van der Waals surface area contributed by atoms with Crippen molar-refractivity contribution in [2.24, 2.45) is 0 Å². The molecule has 1 aromatic carbocycles. The fourth-order valence-corrected chi connectivity index (χ4v) is 3.22. The van der Waals surface area contributed by atoms with Crippen molar-refractivity contribution < 1.29 is 9.59 Å². The summed E-state index contributed by atoms with van der Waals surface area (Å²) in [6, 6.07) is 13.4. The molecule has 4 rings (SSSR count). The van der Waals surface area contributed by atoms with E-state index in [1.807, 2.05) is 59.3 Å². The number of rotatable bonds is 5. The normalized spacial score (nSPS) is 14.2. The van der Waals surface area contributed by atoms with E-state index in [1.165, 1.54) is 0 Å². The number of amides is 2. The van der Waals surface area contributed by atoms with E-state index in [0.29, 0.717) is 19.4 Å². The Bertz CT molecular complexity index is 913. The average molecular weight is 348 g/mol. The molecule has 1 aliphatic heterocycles. The zero-order valence-corrected chi connectivity index (χ0v) is 14.4. The number of nitrogens with zero attached hydrogens (tertiary/aromatic N) is 3. The number of benzene rings is 1. The van der Waals surface area contributed by atoms with Crippen LogP contribution in [0.3, 0.4) is 0 Å². The molecule has 1 aliphatic rings. The second-order valence-electron chi connectivity index (χ2n) is 6.47. The van der Waals surface area contributed by atoms with Gasteiger partial charge in [0, 0.05) is 31.0 Å². The monoisotopic (exact) mass is 348 g/mol. The first-order chi connectivity index (χ1) is 12.7. The maximum absolute atomic E-state index is 12.2. The highest BCUT2D eigenvalue weighted by Crippen LogP contribution is 2.21. The van der Waals surface area contributed by atoms with Gasteiger partial charge in [-0.1, -0.05) is 18.2 Å². The summed E-state index contributed by atoms with van der Waals surface area (Å²) in [6.07, 6.45) is 5.68. The zero-order chi connectivity index (χ0) is 17.9. The Morgan fingerprint density at radius 2 is 2.00 bits per heavy atom. The van der Waals surface area contributed by atoms with Crippen LogP contribution >= 0.6 is 0 Å². The van der Waals surface area contributed by atoms with Crippen LogP contribution in [-0.4, -0.2) is 27.7 Å². The fourth-order valence-electron chi connectivity index (χ4n) is 3.22. The van der Waals surface area contributed by atoms with Crippen molar-refractivity contribution in [2.75, 3.05) is 11.4 Å². The lowest BCUT2D eigenvalue weighted by Gasteiger charge is -2.15. The molecule has 0 saturated carbocycles. The number of fused-ring (bicyclic) bond motifs is 1. The van der Waals surface area contributed by atoms with Crippen molar-refractivity contribution >= 4 is 23.1 Å². The first kappa shape index (κ1) is 16.3. The third-order valence-corrected chi connectivity index (χ3v) is 4.57. The first-order valence-electron chi connectivity index (χ1n) is 8.78. The number of nitrogens with one attached hydrogen (secondary N) is 1. The Balaban J connectivity index is 1.33. The van der Waals surface area contributed by atoms with Crippen LogP contribution in [-0.2, 0) is 22.6 Å². The number of imidazole rings is 1. The highest BCUT2D eigenvalue weighted by atomic mass is 16.2. The minimum atomic E-state index is -0.0490. The molecule has 0 spiro atoms. The van der Waals surface area contributed by atoms with Gasteiger partial charge in [0.15, 0.2) is 0 Å². The fraction of sp³-hybridized carbons (Fsp3) is 0.250. The minimum absolute atomic E-state index is 0.0490. The number of carbonyl (C=O) groups excluding carboxylic acids is 2. The van der Waals surface area contributed by atoms with Gasteiger partial charge in [-0.2, -0.15) is 0 Å². The smallest absolute Gasteiger partial charge is 0.227 e. The van der Waals surface area contributed by atoms with Gasteiger partial charge < -0.3 is 14.6 Å². The summed E-state index contributed by atoms with van der Waals surface area (Å²) in [5.74, 6) is 0.120. The molecule has 6 heteroatoms. The quantitative estimate of drug-likeness (QED) is 0.769. The average Bonchev–Trinajstić information content (AvgIpc) is 3.26. The lowest BCUT2D eigenvalue weighted by molar-refractivity contribution is -0.120. The van der Waals surface area contributed by atoms with Gasteiger partial charge in [0.25, 0.3) is 0 Å². The summed E-state index contributed by atoms with van der Waals surface area (Å²) < 4.78 is 1.93. The van der Waals surface area contributed by atoms with Gasteiger partial charge in [0.1, 0.15) is 5.65 Å². The number of anilines is 1. The lowest BCUT2D eigenvalue weighted by atomic mass is 10.1. The molecule has 0 atom stereocenters. The molecule has 2 amide bonds. The number of hydrogen-bond donors (Lipinski definition) is 1. The van der Waals surface area contributed by atoms with E-state index in [-0.39, 0.29) is 11.8 Å². The molecule has 2 aromatic heterocycles. The summed E-state index contributed by atoms with van der Waals surface area (Å²) in [7, 11) is 0. The Morgan fingerprint density at radius 1 is 1.15 bits per heavy atom. The lowest BCUT2D eigenvalue weighted by Crippen LogP contribution is -2.25. The second kappa shape index (κ2) is 7.00. The van der Waals surface area contributed by atoms with Crippen LogP contribution in [0.1, 0.15) is 24.1 Å². The van der Waals surface area contributed by atoms with E-state index >= 15 is 0 Å². The van der Waals surface area contributed by atoms with Crippen molar-refractivity contribution in [3.05, 3.63) is 66.1 Å². The van der Waals surface area contributed by atoms with E-state index < -0.39 is 0 Å². The molecule has 3 heterocycles. The molecular weight excluding hydrogens is 328 g/mol. The number of hydrogen-bond acceptors (Lipinski definition) is 3.